The fourth-order valence-corrected chi connectivity index (χ4v) is 4.10. The molecule has 35 heavy (non-hydrogen) atoms. The Labute approximate surface area is 202 Å². The molecule has 1 amide bonds. The molecule has 3 aromatic rings. The van der Waals surface area contributed by atoms with E-state index in [1.165, 1.54) is 23.8 Å². The van der Waals surface area contributed by atoms with Crippen molar-refractivity contribution < 1.29 is 23.1 Å². The molecule has 2 aromatic heterocycles. The number of amides is 1. The Morgan fingerprint density at radius 1 is 1.26 bits per heavy atom. The van der Waals surface area contributed by atoms with E-state index in [9.17, 15) is 14.0 Å². The molecule has 0 radical (unpaired) electrons. The number of hydrogen-bond acceptors (Lipinski definition) is 7. The number of nitrogens with zero attached hydrogens (tertiary/aromatic N) is 4. The fraction of sp³-hybridized carbons (Fsp3) is 0.440. The summed E-state index contributed by atoms with van der Waals surface area (Å²) in [5.74, 6) is 0.718. The summed E-state index contributed by atoms with van der Waals surface area (Å²) in [5, 5.41) is 0. The van der Waals surface area contributed by atoms with Gasteiger partial charge in [0.25, 0.3) is 5.56 Å². The van der Waals surface area contributed by atoms with E-state index >= 15 is 0 Å². The van der Waals surface area contributed by atoms with Gasteiger partial charge in [-0.05, 0) is 51.3 Å². The zero-order valence-electron chi connectivity index (χ0n) is 20.5. The first-order valence-corrected chi connectivity index (χ1v) is 11.4. The molecule has 1 aliphatic heterocycles. The van der Waals surface area contributed by atoms with Crippen molar-refractivity contribution >= 4 is 6.09 Å². The first-order valence-electron chi connectivity index (χ1n) is 11.4. The van der Waals surface area contributed by atoms with E-state index in [2.05, 4.69) is 4.98 Å². The van der Waals surface area contributed by atoms with E-state index in [1.54, 1.807) is 30.3 Å². The Morgan fingerprint density at radius 3 is 2.63 bits per heavy atom. The maximum Gasteiger partial charge on any atom is 0.410 e. The molecule has 1 fully saturated rings. The topological polar surface area (TPSA) is 99.7 Å². The number of ether oxygens (including phenoxy) is 2. The Bertz CT molecular complexity index is 1280. The number of hydrogen-bond donors (Lipinski definition) is 0. The predicted octanol–water partition coefficient (Wildman–Crippen LogP) is 4.25. The van der Waals surface area contributed by atoms with Crippen LogP contribution in [0.2, 0.25) is 0 Å². The number of aromatic nitrogens is 3. The average Bonchev–Trinajstić information content (AvgIpc) is 3.46. The lowest BCUT2D eigenvalue weighted by molar-refractivity contribution is 0.0215. The van der Waals surface area contributed by atoms with Crippen LogP contribution in [0.4, 0.5) is 9.18 Å². The molecular formula is C25H29FN4O5. The molecule has 10 heteroatoms. The van der Waals surface area contributed by atoms with Crippen LogP contribution in [0.15, 0.2) is 39.7 Å². The second kappa shape index (κ2) is 9.52. The quantitative estimate of drug-likeness (QED) is 0.534. The highest BCUT2D eigenvalue weighted by Crippen LogP contribution is 2.34. The second-order valence-corrected chi connectivity index (χ2v) is 9.48. The van der Waals surface area contributed by atoms with Gasteiger partial charge in [0.15, 0.2) is 5.69 Å². The molecule has 0 bridgehead atoms. The van der Waals surface area contributed by atoms with Gasteiger partial charge < -0.3 is 13.9 Å². The zero-order chi connectivity index (χ0) is 25.3. The minimum absolute atomic E-state index is 0.00625. The van der Waals surface area contributed by atoms with E-state index in [-0.39, 0.29) is 23.2 Å². The first-order chi connectivity index (χ1) is 16.6. The molecule has 1 aliphatic rings. The number of carbonyl (C=O) groups is 1. The number of rotatable bonds is 5. The molecule has 1 saturated heterocycles. The van der Waals surface area contributed by atoms with Crippen LogP contribution >= 0.6 is 0 Å². The number of methoxy groups -OCH3 is 1. The van der Waals surface area contributed by atoms with Crippen molar-refractivity contribution in [1.82, 2.24) is 19.4 Å². The van der Waals surface area contributed by atoms with Crippen LogP contribution in [0.5, 0.6) is 5.75 Å². The third-order valence-corrected chi connectivity index (χ3v) is 5.71. The number of benzene rings is 1. The Morgan fingerprint density at radius 2 is 1.97 bits per heavy atom. The van der Waals surface area contributed by atoms with Crippen LogP contribution in [-0.4, -0.2) is 44.8 Å². The lowest BCUT2D eigenvalue weighted by Gasteiger charge is -2.29. The molecule has 3 heterocycles. The summed E-state index contributed by atoms with van der Waals surface area (Å²) in [6.45, 7) is 5.92. The normalized spacial score (nSPS) is 15.9. The van der Waals surface area contributed by atoms with Gasteiger partial charge in [-0.3, -0.25) is 14.3 Å². The molecule has 0 spiro atoms. The van der Waals surface area contributed by atoms with Crippen LogP contribution < -0.4 is 10.3 Å². The van der Waals surface area contributed by atoms with E-state index in [1.807, 2.05) is 20.8 Å². The maximum absolute atomic E-state index is 13.2. The highest BCUT2D eigenvalue weighted by molar-refractivity contribution is 5.69. The Hall–Kier alpha value is -3.69. The van der Waals surface area contributed by atoms with Crippen LogP contribution in [0.25, 0.3) is 11.6 Å². The van der Waals surface area contributed by atoms with E-state index in [0.29, 0.717) is 31.0 Å². The molecule has 0 aliphatic carbocycles. The van der Waals surface area contributed by atoms with Crippen molar-refractivity contribution in [2.75, 3.05) is 13.7 Å². The number of likely N-dealkylation sites (tertiary alicyclic amines) is 1. The number of carbonyl (C=O) groups excluding carboxylic acids is 1. The van der Waals surface area contributed by atoms with E-state index in [4.69, 9.17) is 18.9 Å². The summed E-state index contributed by atoms with van der Waals surface area (Å²) in [6, 6.07) is 5.64. The van der Waals surface area contributed by atoms with Gasteiger partial charge in [0.1, 0.15) is 23.0 Å². The van der Waals surface area contributed by atoms with Gasteiger partial charge in [0.2, 0.25) is 11.6 Å². The summed E-state index contributed by atoms with van der Waals surface area (Å²) < 4.78 is 31.4. The summed E-state index contributed by atoms with van der Waals surface area (Å²) in [5.41, 5.74) is -0.0559. The van der Waals surface area contributed by atoms with Crippen molar-refractivity contribution in [3.8, 4) is 17.3 Å². The molecule has 1 atom stereocenters. The van der Waals surface area contributed by atoms with Crippen LogP contribution in [0.3, 0.4) is 0 Å². The van der Waals surface area contributed by atoms with Gasteiger partial charge in [0.05, 0.1) is 19.3 Å². The maximum atomic E-state index is 13.2. The van der Waals surface area contributed by atoms with E-state index in [0.717, 1.165) is 12.0 Å². The van der Waals surface area contributed by atoms with Crippen molar-refractivity contribution in [3.63, 3.8) is 0 Å². The van der Waals surface area contributed by atoms with Crippen molar-refractivity contribution in [1.29, 1.82) is 0 Å². The van der Waals surface area contributed by atoms with Crippen molar-refractivity contribution in [2.24, 2.45) is 7.05 Å². The highest BCUT2D eigenvalue weighted by Gasteiger charge is 2.36. The molecule has 1 unspecified atom stereocenters. The fourth-order valence-electron chi connectivity index (χ4n) is 4.10. The van der Waals surface area contributed by atoms with Crippen molar-refractivity contribution in [3.05, 3.63) is 63.8 Å². The van der Waals surface area contributed by atoms with Gasteiger partial charge in [0, 0.05) is 20.0 Å². The number of halogens is 1. The minimum atomic E-state index is -0.645. The molecule has 1 aromatic carbocycles. The van der Waals surface area contributed by atoms with E-state index < -0.39 is 23.3 Å². The number of oxazole rings is 1. The molecule has 0 saturated carbocycles. The summed E-state index contributed by atoms with van der Waals surface area (Å²) in [4.78, 5) is 36.6. The van der Waals surface area contributed by atoms with Crippen molar-refractivity contribution in [2.45, 2.75) is 51.7 Å². The third kappa shape index (κ3) is 5.21. The minimum Gasteiger partial charge on any atom is -0.489 e. The SMILES string of the molecule is COc1c(-c2ncc(Cc3ccc(F)cc3)o2)nc(C2CCCN2C(=O)OC(C)(C)C)n(C)c1=O. The monoisotopic (exact) mass is 484 g/mol. The van der Waals surface area contributed by atoms with Crippen LogP contribution in [0.1, 0.15) is 56.8 Å². The van der Waals surface area contributed by atoms with Gasteiger partial charge in [-0.1, -0.05) is 12.1 Å². The lowest BCUT2D eigenvalue weighted by Crippen LogP contribution is -2.38. The average molecular weight is 485 g/mol. The molecule has 9 nitrogen and oxygen atoms in total. The van der Waals surface area contributed by atoms with Crippen LogP contribution in [0, 0.1) is 5.82 Å². The molecule has 186 valence electrons. The zero-order valence-corrected chi connectivity index (χ0v) is 20.5. The summed E-state index contributed by atoms with van der Waals surface area (Å²) in [7, 11) is 2.98. The summed E-state index contributed by atoms with van der Waals surface area (Å²) in [6.07, 6.45) is 2.86. The van der Waals surface area contributed by atoms with Crippen LogP contribution in [-0.2, 0) is 18.2 Å². The summed E-state index contributed by atoms with van der Waals surface area (Å²) >= 11 is 0. The van der Waals surface area contributed by atoms with Gasteiger partial charge in [-0.15, -0.1) is 0 Å². The predicted molar refractivity (Wildman–Crippen MR) is 126 cm³/mol. The smallest absolute Gasteiger partial charge is 0.410 e. The first kappa shape index (κ1) is 24.4. The second-order valence-electron chi connectivity index (χ2n) is 9.48. The van der Waals surface area contributed by atoms with Gasteiger partial charge in [-0.25, -0.2) is 19.2 Å². The lowest BCUT2D eigenvalue weighted by atomic mass is 10.1. The van der Waals surface area contributed by atoms with Gasteiger partial charge >= 0.3 is 6.09 Å². The standard InChI is InChI=1S/C25H29FN4O5/c1-25(2,3)35-24(32)30-12-6-7-18(30)21-28-19(20(33-5)23(31)29(21)4)22-27-14-17(34-22)13-15-8-10-16(26)11-9-15/h8-11,14,18H,6-7,12-13H2,1-5H3. The Kier molecular flexibility index (Phi) is 6.64. The third-order valence-electron chi connectivity index (χ3n) is 5.71. The molecule has 0 N–H and O–H groups in total. The molecular weight excluding hydrogens is 455 g/mol. The highest BCUT2D eigenvalue weighted by atomic mass is 19.1. The largest absolute Gasteiger partial charge is 0.489 e. The molecule has 4 rings (SSSR count). The Balaban J connectivity index is 1.70. The van der Waals surface area contributed by atoms with Gasteiger partial charge in [-0.2, -0.15) is 0 Å².